The molecule has 0 radical (unpaired) electrons. The minimum Gasteiger partial charge on any atom is -0.378 e. The first-order valence-electron chi connectivity index (χ1n) is 10.7. The van der Waals surface area contributed by atoms with Crippen LogP contribution in [0.1, 0.15) is 58.2 Å². The zero-order valence-corrected chi connectivity index (χ0v) is 20.1. The van der Waals surface area contributed by atoms with Crippen molar-refractivity contribution in [2.45, 2.75) is 71.6 Å². The minimum atomic E-state index is 0. The number of hydrogen-bond acceptors (Lipinski definition) is 3. The lowest BCUT2D eigenvalue weighted by Crippen LogP contribution is -2.47. The first-order chi connectivity index (χ1) is 13.2. The summed E-state index contributed by atoms with van der Waals surface area (Å²) < 4.78 is 8.43. The molecular formula is C21H38IN5O. The molecular weight excluding hydrogens is 465 g/mol. The first kappa shape index (κ1) is 23.4. The molecule has 3 rings (SSSR count). The third-order valence-electron chi connectivity index (χ3n) is 5.76. The van der Waals surface area contributed by atoms with Crippen LogP contribution in [-0.4, -0.2) is 53.3 Å². The van der Waals surface area contributed by atoms with E-state index in [1.54, 1.807) is 0 Å². The van der Waals surface area contributed by atoms with Gasteiger partial charge in [0.2, 0.25) is 0 Å². The van der Waals surface area contributed by atoms with Gasteiger partial charge in [-0.25, -0.2) is 4.98 Å². The van der Waals surface area contributed by atoms with E-state index in [1.165, 1.54) is 25.7 Å². The molecule has 1 aromatic rings. The monoisotopic (exact) mass is 503 g/mol. The van der Waals surface area contributed by atoms with Gasteiger partial charge in [-0.15, -0.1) is 24.0 Å². The van der Waals surface area contributed by atoms with E-state index in [4.69, 9.17) is 4.74 Å². The second-order valence-corrected chi connectivity index (χ2v) is 8.46. The molecule has 1 aromatic heterocycles. The number of nitrogens with one attached hydrogen (secondary N) is 1. The Morgan fingerprint density at radius 2 is 1.96 bits per heavy atom. The van der Waals surface area contributed by atoms with E-state index in [0.717, 1.165) is 56.8 Å². The number of halogens is 1. The number of likely N-dealkylation sites (tertiary alicyclic amines) is 1. The Kier molecular flexibility index (Phi) is 10.0. The topological polar surface area (TPSA) is 54.7 Å². The maximum atomic E-state index is 6.20. The van der Waals surface area contributed by atoms with Crippen molar-refractivity contribution >= 4 is 29.9 Å². The highest BCUT2D eigenvalue weighted by Gasteiger charge is 2.24. The van der Waals surface area contributed by atoms with Crippen molar-refractivity contribution in [3.8, 4) is 0 Å². The largest absolute Gasteiger partial charge is 0.378 e. The van der Waals surface area contributed by atoms with Crippen LogP contribution in [0.2, 0.25) is 0 Å². The van der Waals surface area contributed by atoms with E-state index in [0.29, 0.717) is 18.6 Å². The molecule has 0 bridgehead atoms. The van der Waals surface area contributed by atoms with Crippen LogP contribution in [-0.2, 0) is 17.8 Å². The molecule has 0 spiro atoms. The van der Waals surface area contributed by atoms with Crippen LogP contribution < -0.4 is 5.32 Å². The lowest BCUT2D eigenvalue weighted by molar-refractivity contribution is 0.00100. The Morgan fingerprint density at radius 1 is 1.25 bits per heavy atom. The number of aromatic nitrogens is 2. The molecule has 2 fully saturated rings. The summed E-state index contributed by atoms with van der Waals surface area (Å²) >= 11 is 0. The third-order valence-corrected chi connectivity index (χ3v) is 5.76. The standard InChI is InChI=1S/C21H37N5O.HI/c1-17(2)15-26-13-10-23-20(26)14-24-21(22-3)25-11-8-19(9-12-25)27-16-18-6-4-5-7-18;/h10,13,17-19H,4-9,11-12,14-16H2,1-3H3,(H,22,24);1H. The summed E-state index contributed by atoms with van der Waals surface area (Å²) in [6.45, 7) is 9.16. The van der Waals surface area contributed by atoms with Crippen molar-refractivity contribution in [3.05, 3.63) is 18.2 Å². The minimum absolute atomic E-state index is 0. The van der Waals surface area contributed by atoms with Crippen LogP contribution in [0.4, 0.5) is 0 Å². The zero-order valence-electron chi connectivity index (χ0n) is 17.8. The highest BCUT2D eigenvalue weighted by atomic mass is 127. The highest BCUT2D eigenvalue weighted by molar-refractivity contribution is 14.0. The fourth-order valence-corrected chi connectivity index (χ4v) is 4.24. The zero-order chi connectivity index (χ0) is 19.1. The van der Waals surface area contributed by atoms with Gasteiger partial charge in [-0.1, -0.05) is 26.7 Å². The summed E-state index contributed by atoms with van der Waals surface area (Å²) in [6, 6.07) is 0. The van der Waals surface area contributed by atoms with Gasteiger partial charge in [-0.05, 0) is 37.5 Å². The molecule has 7 heteroatoms. The maximum Gasteiger partial charge on any atom is 0.194 e. The van der Waals surface area contributed by atoms with Crippen molar-refractivity contribution in [2.75, 3.05) is 26.7 Å². The molecule has 0 aromatic carbocycles. The molecule has 1 N–H and O–H groups in total. The number of imidazole rings is 1. The van der Waals surface area contributed by atoms with Gasteiger partial charge in [-0.2, -0.15) is 0 Å². The molecule has 1 saturated carbocycles. The quantitative estimate of drug-likeness (QED) is 0.349. The smallest absolute Gasteiger partial charge is 0.194 e. The summed E-state index contributed by atoms with van der Waals surface area (Å²) in [5, 5.41) is 3.50. The lowest BCUT2D eigenvalue weighted by Gasteiger charge is -2.34. The van der Waals surface area contributed by atoms with E-state index in [9.17, 15) is 0 Å². The number of rotatable bonds is 7. The number of nitrogens with zero attached hydrogens (tertiary/aromatic N) is 4. The van der Waals surface area contributed by atoms with E-state index < -0.39 is 0 Å². The van der Waals surface area contributed by atoms with Crippen molar-refractivity contribution in [3.63, 3.8) is 0 Å². The van der Waals surface area contributed by atoms with E-state index >= 15 is 0 Å². The van der Waals surface area contributed by atoms with Gasteiger partial charge in [0.15, 0.2) is 5.96 Å². The van der Waals surface area contributed by atoms with Crippen LogP contribution in [0, 0.1) is 11.8 Å². The van der Waals surface area contributed by atoms with Crippen LogP contribution in [0.15, 0.2) is 17.4 Å². The van der Waals surface area contributed by atoms with E-state index in [-0.39, 0.29) is 24.0 Å². The summed E-state index contributed by atoms with van der Waals surface area (Å²) in [5.41, 5.74) is 0. The number of ether oxygens (including phenoxy) is 1. The predicted molar refractivity (Wildman–Crippen MR) is 125 cm³/mol. The van der Waals surface area contributed by atoms with Crippen molar-refractivity contribution in [2.24, 2.45) is 16.8 Å². The number of aliphatic imine (C=N–C) groups is 1. The Labute approximate surface area is 187 Å². The molecule has 0 amide bonds. The third kappa shape index (κ3) is 6.90. The normalized spacial score (nSPS) is 19.3. The molecule has 160 valence electrons. The Morgan fingerprint density at radius 3 is 2.61 bits per heavy atom. The average Bonchev–Trinajstić information content (AvgIpc) is 3.33. The van der Waals surface area contributed by atoms with Gasteiger partial charge in [0, 0.05) is 45.7 Å². The van der Waals surface area contributed by atoms with Gasteiger partial charge in [0.1, 0.15) is 5.82 Å². The Bertz CT molecular complexity index is 589. The number of hydrogen-bond donors (Lipinski definition) is 1. The van der Waals surface area contributed by atoms with Gasteiger partial charge in [0.25, 0.3) is 0 Å². The van der Waals surface area contributed by atoms with Crippen molar-refractivity contribution in [1.29, 1.82) is 0 Å². The highest BCUT2D eigenvalue weighted by Crippen LogP contribution is 2.26. The molecule has 0 atom stereocenters. The molecule has 1 aliphatic carbocycles. The van der Waals surface area contributed by atoms with Gasteiger partial charge in [0.05, 0.1) is 12.6 Å². The van der Waals surface area contributed by atoms with Crippen molar-refractivity contribution in [1.82, 2.24) is 19.8 Å². The molecule has 1 saturated heterocycles. The summed E-state index contributed by atoms with van der Waals surface area (Å²) in [7, 11) is 1.87. The van der Waals surface area contributed by atoms with Gasteiger partial charge >= 0.3 is 0 Å². The molecule has 28 heavy (non-hydrogen) atoms. The summed E-state index contributed by atoms with van der Waals surface area (Å²) in [5.74, 6) is 3.47. The maximum absolute atomic E-state index is 6.20. The fourth-order valence-electron chi connectivity index (χ4n) is 4.24. The SMILES string of the molecule is CN=C(NCc1nccn1CC(C)C)N1CCC(OCC2CCCC2)CC1.I. The Balaban J connectivity index is 0.00000280. The van der Waals surface area contributed by atoms with Crippen LogP contribution in [0.5, 0.6) is 0 Å². The number of piperidine rings is 1. The van der Waals surface area contributed by atoms with E-state index in [1.807, 2.05) is 13.2 Å². The van der Waals surface area contributed by atoms with Crippen LogP contribution in [0.3, 0.4) is 0 Å². The fraction of sp³-hybridized carbons (Fsp3) is 0.810. The lowest BCUT2D eigenvalue weighted by atomic mass is 10.1. The average molecular weight is 503 g/mol. The van der Waals surface area contributed by atoms with Crippen LogP contribution >= 0.6 is 24.0 Å². The molecule has 2 aliphatic rings. The molecule has 0 unspecified atom stereocenters. The second-order valence-electron chi connectivity index (χ2n) is 8.46. The first-order valence-corrected chi connectivity index (χ1v) is 10.7. The van der Waals surface area contributed by atoms with Gasteiger partial charge in [-0.3, -0.25) is 4.99 Å². The Hall–Kier alpha value is -0.830. The van der Waals surface area contributed by atoms with Gasteiger partial charge < -0.3 is 19.5 Å². The summed E-state index contributed by atoms with van der Waals surface area (Å²) in [4.78, 5) is 11.3. The molecule has 2 heterocycles. The second kappa shape index (κ2) is 12.0. The van der Waals surface area contributed by atoms with E-state index in [2.05, 4.69) is 44.8 Å². The van der Waals surface area contributed by atoms with Crippen LogP contribution in [0.25, 0.3) is 0 Å². The molecule has 1 aliphatic heterocycles. The molecule has 6 nitrogen and oxygen atoms in total. The summed E-state index contributed by atoms with van der Waals surface area (Å²) in [6.07, 6.45) is 12.1. The predicted octanol–water partition coefficient (Wildman–Crippen LogP) is 3.90. The number of guanidine groups is 1. The van der Waals surface area contributed by atoms with Crippen molar-refractivity contribution < 1.29 is 4.74 Å².